The summed E-state index contributed by atoms with van der Waals surface area (Å²) >= 11 is 0. The topological polar surface area (TPSA) is 156 Å². The number of sulfonamides is 1. The van der Waals surface area contributed by atoms with Gasteiger partial charge in [0.15, 0.2) is 5.65 Å². The predicted octanol–water partition coefficient (Wildman–Crippen LogP) is 2.79. The van der Waals surface area contributed by atoms with Crippen LogP contribution in [-0.4, -0.2) is 35.5 Å². The zero-order chi connectivity index (χ0) is 26.6. The number of fused-ring (bicyclic) bond motifs is 1. The first-order valence-corrected chi connectivity index (χ1v) is 13.1. The number of pyridine rings is 1. The molecule has 2 aromatic carbocycles. The maximum absolute atomic E-state index is 12.4. The van der Waals surface area contributed by atoms with Gasteiger partial charge in [-0.15, -0.1) is 0 Å². The van der Waals surface area contributed by atoms with Gasteiger partial charge in [-0.2, -0.15) is 5.26 Å². The maximum Gasteiger partial charge on any atom is 0.328 e. The van der Waals surface area contributed by atoms with E-state index in [1.54, 1.807) is 12.1 Å². The van der Waals surface area contributed by atoms with Crippen LogP contribution in [0.5, 0.6) is 0 Å². The second-order valence-corrected chi connectivity index (χ2v) is 10.3. The largest absolute Gasteiger partial charge is 0.337 e. The number of nitrogens with one attached hydrogen (secondary N) is 2. The fourth-order valence-corrected chi connectivity index (χ4v) is 4.95. The molecule has 0 atom stereocenters. The van der Waals surface area contributed by atoms with Gasteiger partial charge in [-0.1, -0.05) is 24.3 Å². The molecule has 37 heavy (non-hydrogen) atoms. The summed E-state index contributed by atoms with van der Waals surface area (Å²) < 4.78 is 28.7. The van der Waals surface area contributed by atoms with Gasteiger partial charge in [0.05, 0.1) is 17.4 Å². The molecule has 0 unspecified atom stereocenters. The Morgan fingerprint density at radius 2 is 1.73 bits per heavy atom. The fourth-order valence-electron chi connectivity index (χ4n) is 4.02. The molecule has 11 heteroatoms. The minimum atomic E-state index is -3.98. The van der Waals surface area contributed by atoms with E-state index in [4.69, 9.17) is 5.73 Å². The van der Waals surface area contributed by atoms with Gasteiger partial charge in [-0.05, 0) is 67.3 Å². The second kappa shape index (κ2) is 10.8. The molecular formula is C26H27N7O3S. The Morgan fingerprint density at radius 1 is 1.05 bits per heavy atom. The molecule has 0 aliphatic carbocycles. The number of carbonyl (C=O) groups is 1. The Kier molecular flexibility index (Phi) is 7.52. The van der Waals surface area contributed by atoms with Gasteiger partial charge < -0.3 is 11.1 Å². The fraction of sp³-hybridized carbons (Fsp3) is 0.231. The van der Waals surface area contributed by atoms with E-state index in [2.05, 4.69) is 21.4 Å². The molecule has 10 nitrogen and oxygen atoms in total. The summed E-state index contributed by atoms with van der Waals surface area (Å²) in [5, 5.41) is 11.9. The molecule has 0 fully saturated rings. The van der Waals surface area contributed by atoms with Crippen molar-refractivity contribution in [1.29, 1.82) is 5.26 Å². The standard InChI is InChI=1S/C26H27N7O3S/c1-17-15-18(2)30-25-24(17)31-23(11-13-27)33(25)21-7-3-19(4-8-21)12-14-29-26(34)32-37(35,36)22-9-5-20(16-28)6-10-22/h3-10,15H,11-12,14,16,28H2,1-2H3,(H2,29,32,34). The summed E-state index contributed by atoms with van der Waals surface area (Å²) in [6, 6.07) is 17.0. The minimum Gasteiger partial charge on any atom is -0.337 e. The first-order valence-electron chi connectivity index (χ1n) is 11.6. The number of aryl methyl sites for hydroxylation is 2. The summed E-state index contributed by atoms with van der Waals surface area (Å²) in [6.07, 6.45) is 0.640. The Morgan fingerprint density at radius 3 is 2.38 bits per heavy atom. The first-order chi connectivity index (χ1) is 17.7. The van der Waals surface area contributed by atoms with Gasteiger partial charge >= 0.3 is 6.03 Å². The van der Waals surface area contributed by atoms with Crippen LogP contribution >= 0.6 is 0 Å². The summed E-state index contributed by atoms with van der Waals surface area (Å²) in [6.45, 7) is 4.42. The molecule has 0 radical (unpaired) electrons. The van der Waals surface area contributed by atoms with Crippen LogP contribution in [-0.2, 0) is 29.4 Å². The van der Waals surface area contributed by atoms with E-state index in [1.807, 2.05) is 53.5 Å². The number of nitrogens with two attached hydrogens (primary N) is 1. The SMILES string of the molecule is Cc1cc(C)c2nc(CC#N)n(-c3ccc(CCNC(=O)NS(=O)(=O)c4ccc(CN)cc4)cc3)c2n1. The van der Waals surface area contributed by atoms with Crippen LogP contribution in [0.4, 0.5) is 4.79 Å². The molecular weight excluding hydrogens is 490 g/mol. The van der Waals surface area contributed by atoms with Crippen LogP contribution in [0.25, 0.3) is 16.9 Å². The molecule has 190 valence electrons. The number of hydrogen-bond acceptors (Lipinski definition) is 7. The Balaban J connectivity index is 1.41. The highest BCUT2D eigenvalue weighted by Gasteiger charge is 2.18. The number of hydrogen-bond donors (Lipinski definition) is 3. The van der Waals surface area contributed by atoms with Crippen molar-refractivity contribution in [2.45, 2.75) is 38.1 Å². The third kappa shape index (κ3) is 5.77. The first kappa shape index (κ1) is 25.8. The third-order valence-electron chi connectivity index (χ3n) is 5.83. The van der Waals surface area contributed by atoms with E-state index < -0.39 is 16.1 Å². The lowest BCUT2D eigenvalue weighted by Crippen LogP contribution is -2.40. The van der Waals surface area contributed by atoms with Crippen molar-refractivity contribution in [3.8, 4) is 11.8 Å². The number of nitriles is 1. The monoisotopic (exact) mass is 517 g/mol. The zero-order valence-electron chi connectivity index (χ0n) is 20.5. The summed E-state index contributed by atoms with van der Waals surface area (Å²) in [4.78, 5) is 21.4. The number of imidazole rings is 1. The molecule has 2 aromatic heterocycles. The van der Waals surface area contributed by atoms with Crippen molar-refractivity contribution in [3.05, 3.63) is 82.8 Å². The van der Waals surface area contributed by atoms with Gasteiger partial charge in [0.1, 0.15) is 11.3 Å². The number of benzene rings is 2. The Labute approximate surface area is 215 Å². The Hall–Kier alpha value is -4.27. The normalized spacial score (nSPS) is 11.3. The maximum atomic E-state index is 12.4. The highest BCUT2D eigenvalue weighted by atomic mass is 32.2. The average molecular weight is 518 g/mol. The van der Waals surface area contributed by atoms with Crippen LogP contribution in [0.15, 0.2) is 59.5 Å². The van der Waals surface area contributed by atoms with Gasteiger partial charge in [0, 0.05) is 24.5 Å². The molecule has 0 aliphatic rings. The van der Waals surface area contributed by atoms with E-state index in [-0.39, 0.29) is 17.9 Å². The van der Waals surface area contributed by atoms with E-state index in [9.17, 15) is 18.5 Å². The lowest BCUT2D eigenvalue weighted by atomic mass is 10.1. The van der Waals surface area contributed by atoms with Crippen molar-refractivity contribution in [1.82, 2.24) is 24.6 Å². The van der Waals surface area contributed by atoms with Crippen molar-refractivity contribution < 1.29 is 13.2 Å². The molecule has 4 N–H and O–H groups in total. The number of rotatable bonds is 8. The third-order valence-corrected chi connectivity index (χ3v) is 7.18. The van der Waals surface area contributed by atoms with Crippen LogP contribution in [0.1, 0.15) is 28.2 Å². The van der Waals surface area contributed by atoms with E-state index in [1.165, 1.54) is 12.1 Å². The molecule has 0 saturated heterocycles. The molecule has 0 aliphatic heterocycles. The molecule has 2 amide bonds. The predicted molar refractivity (Wildman–Crippen MR) is 139 cm³/mol. The molecule has 0 bridgehead atoms. The number of nitrogens with zero attached hydrogens (tertiary/aromatic N) is 4. The van der Waals surface area contributed by atoms with Gasteiger partial charge in [0.25, 0.3) is 10.0 Å². The lowest BCUT2D eigenvalue weighted by Gasteiger charge is -2.11. The number of carbonyl (C=O) groups excluding carboxylic acids is 1. The summed E-state index contributed by atoms with van der Waals surface area (Å²) in [5.74, 6) is 0.615. The van der Waals surface area contributed by atoms with Crippen molar-refractivity contribution in [3.63, 3.8) is 0 Å². The van der Waals surface area contributed by atoms with E-state index in [0.717, 1.165) is 33.6 Å². The van der Waals surface area contributed by atoms with E-state index >= 15 is 0 Å². The second-order valence-electron chi connectivity index (χ2n) is 8.58. The highest BCUT2D eigenvalue weighted by molar-refractivity contribution is 7.90. The van der Waals surface area contributed by atoms with Crippen molar-refractivity contribution >= 4 is 27.2 Å². The van der Waals surface area contributed by atoms with Gasteiger partial charge in [-0.25, -0.2) is 27.9 Å². The van der Waals surface area contributed by atoms with Crippen LogP contribution < -0.4 is 15.8 Å². The van der Waals surface area contributed by atoms with Gasteiger partial charge in [0.2, 0.25) is 0 Å². The molecule has 4 rings (SSSR count). The number of amides is 2. The minimum absolute atomic E-state index is 0.0156. The molecule has 2 heterocycles. The van der Waals surface area contributed by atoms with E-state index in [0.29, 0.717) is 24.4 Å². The molecule has 0 saturated carbocycles. The highest BCUT2D eigenvalue weighted by Crippen LogP contribution is 2.24. The summed E-state index contributed by atoms with van der Waals surface area (Å²) in [7, 11) is -3.98. The van der Waals surface area contributed by atoms with Gasteiger partial charge in [-0.3, -0.25) is 4.57 Å². The molecule has 4 aromatic rings. The van der Waals surface area contributed by atoms with Crippen molar-refractivity contribution in [2.24, 2.45) is 5.73 Å². The van der Waals surface area contributed by atoms with Crippen LogP contribution in [0, 0.1) is 25.2 Å². The summed E-state index contributed by atoms with van der Waals surface area (Å²) in [5.41, 5.74) is 11.4. The quantitative estimate of drug-likeness (QED) is 0.324. The smallest absolute Gasteiger partial charge is 0.328 e. The van der Waals surface area contributed by atoms with Crippen LogP contribution in [0.3, 0.4) is 0 Å². The zero-order valence-corrected chi connectivity index (χ0v) is 21.3. The van der Waals surface area contributed by atoms with Crippen LogP contribution in [0.2, 0.25) is 0 Å². The van der Waals surface area contributed by atoms with Crippen molar-refractivity contribution in [2.75, 3.05) is 6.54 Å². The molecule has 0 spiro atoms. The lowest BCUT2D eigenvalue weighted by molar-refractivity contribution is 0.246. The average Bonchev–Trinajstić information content (AvgIpc) is 3.22. The number of urea groups is 1. The number of aromatic nitrogens is 3. The Bertz CT molecular complexity index is 1590.